The highest BCUT2D eigenvalue weighted by atomic mass is 79.9. The van der Waals surface area contributed by atoms with Gasteiger partial charge in [-0.3, -0.25) is 0 Å². The Balaban J connectivity index is 2.32. The van der Waals surface area contributed by atoms with Gasteiger partial charge in [0.05, 0.1) is 18.8 Å². The number of hydrogen-bond donors (Lipinski definition) is 2. The third kappa shape index (κ3) is 7.07. The number of hydrogen-bond acceptors (Lipinski definition) is 3. The van der Waals surface area contributed by atoms with Crippen LogP contribution in [-0.2, 0) is 4.74 Å². The van der Waals surface area contributed by atoms with Crippen molar-refractivity contribution in [1.82, 2.24) is 0 Å². The fraction of sp³-hybridized carbons (Fsp3) is 0.600. The summed E-state index contributed by atoms with van der Waals surface area (Å²) in [5, 5.41) is 13.2. The van der Waals surface area contributed by atoms with Crippen LogP contribution in [0.25, 0.3) is 0 Å². The predicted molar refractivity (Wildman–Crippen MR) is 91.2 cm³/mol. The van der Waals surface area contributed by atoms with E-state index in [1.807, 2.05) is 25.1 Å². The van der Waals surface area contributed by atoms with Crippen molar-refractivity contribution in [3.05, 3.63) is 27.1 Å². The molecule has 2 atom stereocenters. The van der Waals surface area contributed by atoms with E-state index in [2.05, 4.69) is 51.0 Å². The number of anilines is 1. The van der Waals surface area contributed by atoms with Crippen LogP contribution in [-0.4, -0.2) is 30.5 Å². The average molecular weight is 409 g/mol. The summed E-state index contributed by atoms with van der Waals surface area (Å²) in [5.41, 5.74) is 0.952. The molecule has 2 unspecified atom stereocenters. The molecule has 1 aromatic rings. The Kier molecular flexibility index (Phi) is 8.10. The Bertz CT molecular complexity index is 413. The van der Waals surface area contributed by atoms with Gasteiger partial charge in [-0.05, 0) is 53.4 Å². The van der Waals surface area contributed by atoms with Crippen molar-refractivity contribution in [2.75, 3.05) is 18.5 Å². The molecule has 0 saturated heterocycles. The van der Waals surface area contributed by atoms with Crippen molar-refractivity contribution in [1.29, 1.82) is 0 Å². The van der Waals surface area contributed by atoms with E-state index in [1.54, 1.807) is 0 Å². The molecule has 0 radical (unpaired) electrons. The van der Waals surface area contributed by atoms with Gasteiger partial charge in [0.2, 0.25) is 0 Å². The average Bonchev–Trinajstić information content (AvgIpc) is 2.36. The number of rotatable bonds is 8. The van der Waals surface area contributed by atoms with Crippen LogP contribution in [0.3, 0.4) is 0 Å². The SMILES string of the molecule is CC(C)CC(C)OCC(O)CNc1cc(Br)ccc1Br. The second-order valence-corrected chi connectivity index (χ2v) is 7.20. The monoisotopic (exact) mass is 407 g/mol. The zero-order valence-corrected chi connectivity index (χ0v) is 15.4. The summed E-state index contributed by atoms with van der Waals surface area (Å²) >= 11 is 6.90. The molecule has 0 aliphatic heterocycles. The van der Waals surface area contributed by atoms with Gasteiger partial charge < -0.3 is 15.2 Å². The maximum Gasteiger partial charge on any atom is 0.0945 e. The summed E-state index contributed by atoms with van der Waals surface area (Å²) in [6.07, 6.45) is 0.676. The van der Waals surface area contributed by atoms with E-state index in [4.69, 9.17) is 4.74 Å². The molecular weight excluding hydrogens is 386 g/mol. The molecule has 5 heteroatoms. The van der Waals surface area contributed by atoms with E-state index in [0.29, 0.717) is 19.1 Å². The van der Waals surface area contributed by atoms with Crippen LogP contribution in [0.2, 0.25) is 0 Å². The van der Waals surface area contributed by atoms with Gasteiger partial charge in [-0.2, -0.15) is 0 Å². The molecule has 1 aromatic carbocycles. The Morgan fingerprint density at radius 1 is 1.25 bits per heavy atom. The second-order valence-electron chi connectivity index (χ2n) is 5.43. The van der Waals surface area contributed by atoms with Gasteiger partial charge in [0, 0.05) is 21.2 Å². The zero-order valence-electron chi connectivity index (χ0n) is 12.2. The van der Waals surface area contributed by atoms with E-state index in [1.165, 1.54) is 0 Å². The quantitative estimate of drug-likeness (QED) is 0.668. The minimum Gasteiger partial charge on any atom is -0.389 e. The minimum absolute atomic E-state index is 0.183. The van der Waals surface area contributed by atoms with Gasteiger partial charge in [0.15, 0.2) is 0 Å². The molecule has 0 saturated carbocycles. The lowest BCUT2D eigenvalue weighted by atomic mass is 10.1. The zero-order chi connectivity index (χ0) is 15.1. The maximum absolute atomic E-state index is 9.94. The number of aliphatic hydroxyl groups excluding tert-OH is 1. The molecule has 0 bridgehead atoms. The molecule has 20 heavy (non-hydrogen) atoms. The molecule has 3 nitrogen and oxygen atoms in total. The Morgan fingerprint density at radius 2 is 1.95 bits per heavy atom. The Morgan fingerprint density at radius 3 is 2.60 bits per heavy atom. The third-order valence-corrected chi connectivity index (χ3v) is 4.02. The van der Waals surface area contributed by atoms with Crippen molar-refractivity contribution in [2.24, 2.45) is 5.92 Å². The molecule has 0 aliphatic rings. The highest BCUT2D eigenvalue weighted by Crippen LogP contribution is 2.26. The lowest BCUT2D eigenvalue weighted by Gasteiger charge is -2.19. The van der Waals surface area contributed by atoms with Crippen LogP contribution >= 0.6 is 31.9 Å². The fourth-order valence-electron chi connectivity index (χ4n) is 1.93. The molecular formula is C15H23Br2NO2. The van der Waals surface area contributed by atoms with Gasteiger partial charge in [-0.25, -0.2) is 0 Å². The van der Waals surface area contributed by atoms with Gasteiger partial charge in [-0.1, -0.05) is 29.8 Å². The molecule has 0 spiro atoms. The van der Waals surface area contributed by atoms with Gasteiger partial charge in [0.1, 0.15) is 0 Å². The number of halogens is 2. The number of benzene rings is 1. The predicted octanol–water partition coefficient (Wildman–Crippen LogP) is 4.44. The topological polar surface area (TPSA) is 41.5 Å². The minimum atomic E-state index is -0.518. The van der Waals surface area contributed by atoms with E-state index in [-0.39, 0.29) is 6.10 Å². The van der Waals surface area contributed by atoms with Crippen molar-refractivity contribution in [2.45, 2.75) is 39.4 Å². The van der Waals surface area contributed by atoms with Crippen LogP contribution in [0.4, 0.5) is 5.69 Å². The molecule has 0 heterocycles. The smallest absolute Gasteiger partial charge is 0.0945 e. The summed E-state index contributed by atoms with van der Waals surface area (Å²) < 4.78 is 7.62. The second kappa shape index (κ2) is 9.03. The highest BCUT2D eigenvalue weighted by molar-refractivity contribution is 9.11. The normalized spacial score (nSPS) is 14.3. The van der Waals surface area contributed by atoms with E-state index in [0.717, 1.165) is 21.1 Å². The summed E-state index contributed by atoms with van der Waals surface area (Å²) in [6.45, 7) is 7.20. The van der Waals surface area contributed by atoms with Crippen molar-refractivity contribution in [3.63, 3.8) is 0 Å². The highest BCUT2D eigenvalue weighted by Gasteiger charge is 2.10. The van der Waals surface area contributed by atoms with Gasteiger partial charge in [0.25, 0.3) is 0 Å². The van der Waals surface area contributed by atoms with Gasteiger partial charge >= 0.3 is 0 Å². The lowest BCUT2D eigenvalue weighted by Crippen LogP contribution is -2.27. The third-order valence-electron chi connectivity index (χ3n) is 2.83. The Labute approximate surface area is 138 Å². The first-order chi connectivity index (χ1) is 9.38. The number of aliphatic hydroxyl groups is 1. The summed E-state index contributed by atoms with van der Waals surface area (Å²) in [6, 6.07) is 5.89. The standard InChI is InChI=1S/C15H23Br2NO2/c1-10(2)6-11(3)20-9-13(19)8-18-15-7-12(16)4-5-14(15)17/h4-5,7,10-11,13,18-19H,6,8-9H2,1-3H3. The van der Waals surface area contributed by atoms with Gasteiger partial charge in [-0.15, -0.1) is 0 Å². The van der Waals surface area contributed by atoms with E-state index in [9.17, 15) is 5.11 Å². The van der Waals surface area contributed by atoms with Crippen LogP contribution in [0.5, 0.6) is 0 Å². The van der Waals surface area contributed by atoms with E-state index < -0.39 is 6.10 Å². The fourth-order valence-corrected chi connectivity index (χ4v) is 2.67. The molecule has 1 rings (SSSR count). The summed E-state index contributed by atoms with van der Waals surface area (Å²) in [5.74, 6) is 0.609. The molecule has 0 amide bonds. The molecule has 0 fully saturated rings. The van der Waals surface area contributed by atoms with Crippen LogP contribution in [0.1, 0.15) is 27.2 Å². The van der Waals surface area contributed by atoms with Crippen LogP contribution in [0.15, 0.2) is 27.1 Å². The van der Waals surface area contributed by atoms with Crippen LogP contribution < -0.4 is 5.32 Å². The lowest BCUT2D eigenvalue weighted by molar-refractivity contribution is -0.00444. The maximum atomic E-state index is 9.94. The summed E-state index contributed by atoms with van der Waals surface area (Å²) in [7, 11) is 0. The van der Waals surface area contributed by atoms with Crippen LogP contribution in [0, 0.1) is 5.92 Å². The van der Waals surface area contributed by atoms with Crippen molar-refractivity contribution in [3.8, 4) is 0 Å². The van der Waals surface area contributed by atoms with Crippen molar-refractivity contribution < 1.29 is 9.84 Å². The Hall–Kier alpha value is -0.100. The molecule has 0 aromatic heterocycles. The van der Waals surface area contributed by atoms with E-state index >= 15 is 0 Å². The first-order valence-corrected chi connectivity index (χ1v) is 8.45. The molecule has 2 N–H and O–H groups in total. The molecule has 0 aliphatic carbocycles. The van der Waals surface area contributed by atoms with Crippen molar-refractivity contribution >= 4 is 37.5 Å². The first kappa shape index (κ1) is 18.0. The number of ether oxygens (including phenoxy) is 1. The molecule has 114 valence electrons. The first-order valence-electron chi connectivity index (χ1n) is 6.87. The summed E-state index contributed by atoms with van der Waals surface area (Å²) in [4.78, 5) is 0. The number of nitrogens with one attached hydrogen (secondary N) is 1. The largest absolute Gasteiger partial charge is 0.389 e.